The van der Waals surface area contributed by atoms with Crippen LogP contribution in [0.5, 0.6) is 5.75 Å². The molecule has 4 rings (SSSR count). The standard InChI is InChI=1S/C28H30N4O5/c1-28(2,3)37-27(34)29-17-19-9-7-11-21(15-19)26-22-12-8-14-32(22)31-24(30-26)18-36-23-13-6-5-10-20(23)16-25(33)35-4/h5-15H,16-18H2,1-4H3,(H,29,34). The fraction of sp³-hybridized carbons (Fsp3) is 0.286. The highest BCUT2D eigenvalue weighted by Crippen LogP contribution is 2.25. The fourth-order valence-corrected chi connectivity index (χ4v) is 3.73. The van der Waals surface area contributed by atoms with E-state index in [1.165, 1.54) is 7.11 Å². The van der Waals surface area contributed by atoms with Crippen LogP contribution in [0.3, 0.4) is 0 Å². The lowest BCUT2D eigenvalue weighted by Gasteiger charge is -2.19. The number of benzene rings is 2. The first-order valence-corrected chi connectivity index (χ1v) is 11.9. The van der Waals surface area contributed by atoms with Crippen LogP contribution in [0.1, 0.15) is 37.7 Å². The van der Waals surface area contributed by atoms with E-state index in [0.29, 0.717) is 18.1 Å². The Balaban J connectivity index is 1.55. The Morgan fingerprint density at radius 3 is 2.62 bits per heavy atom. The van der Waals surface area contributed by atoms with E-state index in [1.807, 2.05) is 81.6 Å². The predicted molar refractivity (Wildman–Crippen MR) is 138 cm³/mol. The monoisotopic (exact) mass is 502 g/mol. The van der Waals surface area contributed by atoms with Crippen molar-refractivity contribution in [3.63, 3.8) is 0 Å². The molecule has 0 saturated heterocycles. The Kier molecular flexibility index (Phi) is 7.71. The highest BCUT2D eigenvalue weighted by molar-refractivity contribution is 5.77. The van der Waals surface area contributed by atoms with Gasteiger partial charge < -0.3 is 19.5 Å². The molecule has 1 amide bonds. The van der Waals surface area contributed by atoms with Gasteiger partial charge in [-0.2, -0.15) is 0 Å². The second-order valence-electron chi connectivity index (χ2n) is 9.42. The largest absolute Gasteiger partial charge is 0.485 e. The van der Waals surface area contributed by atoms with Crippen LogP contribution in [0.4, 0.5) is 4.79 Å². The molecule has 2 aromatic heterocycles. The van der Waals surface area contributed by atoms with Gasteiger partial charge in [0.2, 0.25) is 0 Å². The smallest absolute Gasteiger partial charge is 0.407 e. The summed E-state index contributed by atoms with van der Waals surface area (Å²) in [5.74, 6) is 0.703. The number of para-hydroxylation sites is 1. The number of nitrogens with zero attached hydrogens (tertiary/aromatic N) is 3. The van der Waals surface area contributed by atoms with Gasteiger partial charge in [-0.3, -0.25) is 4.79 Å². The third-order valence-corrected chi connectivity index (χ3v) is 5.36. The Morgan fingerprint density at radius 2 is 1.84 bits per heavy atom. The molecule has 0 spiro atoms. The molecule has 9 nitrogen and oxygen atoms in total. The second-order valence-corrected chi connectivity index (χ2v) is 9.42. The molecule has 0 fully saturated rings. The van der Waals surface area contributed by atoms with Crippen molar-refractivity contribution in [3.05, 3.63) is 83.8 Å². The Labute approximate surface area is 215 Å². The van der Waals surface area contributed by atoms with Gasteiger partial charge in [-0.05, 0) is 50.6 Å². The van der Waals surface area contributed by atoms with Crippen LogP contribution in [0, 0.1) is 0 Å². The van der Waals surface area contributed by atoms with Crippen LogP contribution >= 0.6 is 0 Å². The van der Waals surface area contributed by atoms with E-state index in [0.717, 1.165) is 27.9 Å². The summed E-state index contributed by atoms with van der Waals surface area (Å²) in [5.41, 5.74) is 3.52. The SMILES string of the molecule is COC(=O)Cc1ccccc1OCc1nc(-c2cccc(CNC(=O)OC(C)(C)C)c2)c2cccn2n1. The summed E-state index contributed by atoms with van der Waals surface area (Å²) in [4.78, 5) is 28.6. The van der Waals surface area contributed by atoms with Gasteiger partial charge in [0.15, 0.2) is 5.82 Å². The topological polar surface area (TPSA) is 104 Å². The van der Waals surface area contributed by atoms with Crippen molar-refractivity contribution in [2.75, 3.05) is 7.11 Å². The number of hydrogen-bond acceptors (Lipinski definition) is 7. The number of esters is 1. The van der Waals surface area contributed by atoms with Crippen LogP contribution in [0.25, 0.3) is 16.8 Å². The van der Waals surface area contributed by atoms with Gasteiger partial charge in [0.25, 0.3) is 0 Å². The molecule has 2 heterocycles. The lowest BCUT2D eigenvalue weighted by molar-refractivity contribution is -0.139. The van der Waals surface area contributed by atoms with Gasteiger partial charge in [0.1, 0.15) is 18.0 Å². The number of rotatable bonds is 8. The fourth-order valence-electron chi connectivity index (χ4n) is 3.73. The Bertz CT molecular complexity index is 1410. The van der Waals surface area contributed by atoms with Crippen LogP contribution in [0.15, 0.2) is 66.9 Å². The minimum Gasteiger partial charge on any atom is -0.485 e. The average molecular weight is 503 g/mol. The van der Waals surface area contributed by atoms with Crippen LogP contribution in [0.2, 0.25) is 0 Å². The average Bonchev–Trinajstić information content (AvgIpc) is 3.34. The zero-order chi connectivity index (χ0) is 26.4. The summed E-state index contributed by atoms with van der Waals surface area (Å²) < 4.78 is 17.9. The Morgan fingerprint density at radius 1 is 1.03 bits per heavy atom. The van der Waals surface area contributed by atoms with Crippen LogP contribution < -0.4 is 10.1 Å². The minimum atomic E-state index is -0.564. The molecule has 0 radical (unpaired) electrons. The quantitative estimate of drug-likeness (QED) is 0.348. The summed E-state index contributed by atoms with van der Waals surface area (Å²) in [6.07, 6.45) is 1.49. The van der Waals surface area contributed by atoms with Crippen LogP contribution in [-0.4, -0.2) is 39.4 Å². The summed E-state index contributed by atoms with van der Waals surface area (Å²) in [7, 11) is 1.36. The molecule has 0 bridgehead atoms. The van der Waals surface area contributed by atoms with E-state index in [9.17, 15) is 9.59 Å². The van der Waals surface area contributed by atoms with Gasteiger partial charge in [0.05, 0.1) is 24.7 Å². The van der Waals surface area contributed by atoms with Gasteiger partial charge in [-0.15, -0.1) is 5.10 Å². The van der Waals surface area contributed by atoms with E-state index >= 15 is 0 Å². The molecule has 0 unspecified atom stereocenters. The summed E-state index contributed by atoms with van der Waals surface area (Å²) in [6, 6.07) is 18.9. The number of nitrogens with one attached hydrogen (secondary N) is 1. The zero-order valence-corrected chi connectivity index (χ0v) is 21.4. The number of hydrogen-bond donors (Lipinski definition) is 1. The van der Waals surface area contributed by atoms with Crippen LogP contribution in [-0.2, 0) is 33.8 Å². The maximum Gasteiger partial charge on any atom is 0.407 e. The molecular formula is C28H30N4O5. The number of alkyl carbamates (subject to hydrolysis) is 1. The van der Waals surface area contributed by atoms with Gasteiger partial charge in [-0.1, -0.05) is 36.4 Å². The predicted octanol–water partition coefficient (Wildman–Crippen LogP) is 4.72. The number of methoxy groups -OCH3 is 1. The van der Waals surface area contributed by atoms with E-state index in [4.69, 9.17) is 19.2 Å². The first-order valence-electron chi connectivity index (χ1n) is 11.9. The molecule has 1 N–H and O–H groups in total. The van der Waals surface area contributed by atoms with E-state index in [-0.39, 0.29) is 19.0 Å². The number of carbonyl (C=O) groups is 2. The Hall–Kier alpha value is -4.40. The normalized spacial score (nSPS) is 11.2. The number of carbonyl (C=O) groups excluding carboxylic acids is 2. The molecule has 0 atom stereocenters. The number of ether oxygens (including phenoxy) is 3. The van der Waals surface area contributed by atoms with Crippen molar-refractivity contribution in [2.24, 2.45) is 0 Å². The summed E-state index contributed by atoms with van der Waals surface area (Å²) in [6.45, 7) is 5.90. The van der Waals surface area contributed by atoms with E-state index < -0.39 is 11.7 Å². The van der Waals surface area contributed by atoms with Gasteiger partial charge >= 0.3 is 12.1 Å². The minimum absolute atomic E-state index is 0.110. The van der Waals surface area contributed by atoms with Crippen molar-refractivity contribution >= 4 is 17.6 Å². The third kappa shape index (κ3) is 6.84. The highest BCUT2D eigenvalue weighted by atomic mass is 16.6. The maximum absolute atomic E-state index is 12.1. The lowest BCUT2D eigenvalue weighted by Crippen LogP contribution is -2.32. The number of aromatic nitrogens is 3. The van der Waals surface area contributed by atoms with E-state index in [1.54, 1.807) is 10.6 Å². The number of fused-ring (bicyclic) bond motifs is 1. The van der Waals surface area contributed by atoms with Gasteiger partial charge in [0, 0.05) is 23.9 Å². The highest BCUT2D eigenvalue weighted by Gasteiger charge is 2.16. The molecule has 192 valence electrons. The second kappa shape index (κ2) is 11.1. The van der Waals surface area contributed by atoms with Crippen molar-refractivity contribution in [1.82, 2.24) is 19.9 Å². The van der Waals surface area contributed by atoms with Gasteiger partial charge in [-0.25, -0.2) is 14.3 Å². The number of amides is 1. The maximum atomic E-state index is 12.1. The summed E-state index contributed by atoms with van der Waals surface area (Å²) >= 11 is 0. The molecule has 0 aliphatic carbocycles. The van der Waals surface area contributed by atoms with E-state index in [2.05, 4.69) is 10.4 Å². The lowest BCUT2D eigenvalue weighted by atomic mass is 10.1. The molecule has 4 aromatic rings. The van der Waals surface area contributed by atoms with Crippen molar-refractivity contribution in [2.45, 2.75) is 45.9 Å². The van der Waals surface area contributed by atoms with Crippen molar-refractivity contribution in [3.8, 4) is 17.0 Å². The molecule has 0 saturated carbocycles. The molecule has 0 aliphatic rings. The molecule has 0 aliphatic heterocycles. The molecule has 9 heteroatoms. The molecule has 37 heavy (non-hydrogen) atoms. The summed E-state index contributed by atoms with van der Waals surface area (Å²) in [5, 5.41) is 7.36. The van der Waals surface area contributed by atoms with Crippen molar-refractivity contribution < 1.29 is 23.8 Å². The first-order chi connectivity index (χ1) is 17.7. The first kappa shape index (κ1) is 25.7. The van der Waals surface area contributed by atoms with Crippen molar-refractivity contribution in [1.29, 1.82) is 0 Å². The molecular weight excluding hydrogens is 472 g/mol. The molecule has 2 aromatic carbocycles. The third-order valence-electron chi connectivity index (χ3n) is 5.36. The zero-order valence-electron chi connectivity index (χ0n) is 21.4.